The predicted molar refractivity (Wildman–Crippen MR) is 91.3 cm³/mol. The van der Waals surface area contributed by atoms with E-state index >= 15 is 0 Å². The first kappa shape index (κ1) is 16.9. The molecule has 0 bridgehead atoms. The maximum absolute atomic E-state index is 13.8. The van der Waals surface area contributed by atoms with Crippen molar-refractivity contribution in [2.24, 2.45) is 0 Å². The number of carbonyl (C=O) groups excluding carboxylic acids is 1. The highest BCUT2D eigenvalue weighted by Crippen LogP contribution is 2.37. The Hall–Kier alpha value is -1.92. The van der Waals surface area contributed by atoms with Gasteiger partial charge in [0.2, 0.25) is 0 Å². The number of carbonyl (C=O) groups is 1. The molecule has 2 aromatic rings. The molecule has 24 heavy (non-hydrogen) atoms. The zero-order valence-corrected chi connectivity index (χ0v) is 14.3. The third kappa shape index (κ3) is 3.44. The monoisotopic (exact) mass is 349 g/mol. The lowest BCUT2D eigenvalue weighted by atomic mass is 9.78. The summed E-state index contributed by atoms with van der Waals surface area (Å²) in [5.74, 6) is -0.686. The summed E-state index contributed by atoms with van der Waals surface area (Å²) in [6.07, 6.45) is 1.73. The number of rotatable bonds is 5. The van der Waals surface area contributed by atoms with Crippen molar-refractivity contribution in [3.63, 3.8) is 0 Å². The molecule has 6 heteroatoms. The lowest BCUT2D eigenvalue weighted by Crippen LogP contribution is -2.44. The first-order valence-corrected chi connectivity index (χ1v) is 8.76. The number of nitrogens with one attached hydrogen (secondary N) is 1. The van der Waals surface area contributed by atoms with Gasteiger partial charge in [-0.2, -0.15) is 0 Å². The van der Waals surface area contributed by atoms with Crippen LogP contribution in [0.4, 0.5) is 4.39 Å². The van der Waals surface area contributed by atoms with Crippen LogP contribution in [0.1, 0.15) is 28.1 Å². The van der Waals surface area contributed by atoms with E-state index in [-0.39, 0.29) is 17.1 Å². The molecule has 1 fully saturated rings. The molecule has 1 aliphatic rings. The standard InChI is InChI=1S/C18H20FNO3S/c1-22-15-5-4-13(11-14(15)19)17(21)20-12-18(6-8-23-9-7-18)16-3-2-10-24-16/h2-5,10-11H,6-9,12H2,1H3,(H,20,21). The van der Waals surface area contributed by atoms with Gasteiger partial charge in [0.15, 0.2) is 11.6 Å². The molecule has 4 nitrogen and oxygen atoms in total. The minimum atomic E-state index is -0.538. The predicted octanol–water partition coefficient (Wildman–Crippen LogP) is 3.37. The maximum atomic E-state index is 13.8. The Morgan fingerprint density at radius 1 is 1.38 bits per heavy atom. The molecule has 1 amide bonds. The maximum Gasteiger partial charge on any atom is 0.251 e. The highest BCUT2D eigenvalue weighted by atomic mass is 32.1. The number of thiophene rings is 1. The van der Waals surface area contributed by atoms with Gasteiger partial charge in [-0.1, -0.05) is 6.07 Å². The Bertz CT molecular complexity index is 696. The van der Waals surface area contributed by atoms with Gasteiger partial charge < -0.3 is 14.8 Å². The van der Waals surface area contributed by atoms with Crippen LogP contribution in [0.5, 0.6) is 5.75 Å². The second-order valence-corrected chi connectivity index (χ2v) is 6.85. The zero-order chi connectivity index (χ0) is 17.0. The van der Waals surface area contributed by atoms with Crippen molar-refractivity contribution in [2.75, 3.05) is 26.9 Å². The van der Waals surface area contributed by atoms with Crippen LogP contribution in [-0.4, -0.2) is 32.8 Å². The van der Waals surface area contributed by atoms with Gasteiger partial charge in [0.1, 0.15) is 0 Å². The topological polar surface area (TPSA) is 47.6 Å². The molecule has 0 unspecified atom stereocenters. The van der Waals surface area contributed by atoms with Gasteiger partial charge in [-0.25, -0.2) is 4.39 Å². The summed E-state index contributed by atoms with van der Waals surface area (Å²) in [5, 5.41) is 5.02. The molecule has 0 spiro atoms. The molecular weight excluding hydrogens is 329 g/mol. The lowest BCUT2D eigenvalue weighted by molar-refractivity contribution is 0.0499. The van der Waals surface area contributed by atoms with E-state index in [9.17, 15) is 9.18 Å². The van der Waals surface area contributed by atoms with Crippen molar-refractivity contribution >= 4 is 17.2 Å². The molecule has 1 saturated heterocycles. The van der Waals surface area contributed by atoms with Gasteiger partial charge in [-0.15, -0.1) is 11.3 Å². The van der Waals surface area contributed by atoms with E-state index in [1.54, 1.807) is 17.4 Å². The van der Waals surface area contributed by atoms with E-state index in [1.807, 2.05) is 11.4 Å². The summed E-state index contributed by atoms with van der Waals surface area (Å²) in [4.78, 5) is 13.7. The van der Waals surface area contributed by atoms with E-state index in [1.165, 1.54) is 24.1 Å². The SMILES string of the molecule is COc1ccc(C(=O)NCC2(c3cccs3)CCOCC2)cc1F. The van der Waals surface area contributed by atoms with Crippen LogP contribution in [0, 0.1) is 5.82 Å². The summed E-state index contributed by atoms with van der Waals surface area (Å²) < 4.78 is 24.1. The number of ether oxygens (including phenoxy) is 2. The molecule has 1 aromatic heterocycles. The smallest absolute Gasteiger partial charge is 0.251 e. The van der Waals surface area contributed by atoms with Crippen molar-refractivity contribution in [1.29, 1.82) is 0 Å². The van der Waals surface area contributed by atoms with E-state index in [2.05, 4.69) is 11.4 Å². The first-order chi connectivity index (χ1) is 11.6. The van der Waals surface area contributed by atoms with E-state index in [0.717, 1.165) is 12.8 Å². The second-order valence-electron chi connectivity index (χ2n) is 5.90. The molecule has 0 saturated carbocycles. The number of methoxy groups -OCH3 is 1. The zero-order valence-electron chi connectivity index (χ0n) is 13.5. The highest BCUT2D eigenvalue weighted by Gasteiger charge is 2.35. The minimum absolute atomic E-state index is 0.104. The fraction of sp³-hybridized carbons (Fsp3) is 0.389. The number of amides is 1. The Morgan fingerprint density at radius 2 is 2.17 bits per heavy atom. The average Bonchev–Trinajstić information content (AvgIpc) is 3.16. The summed E-state index contributed by atoms with van der Waals surface area (Å²) in [6.45, 7) is 1.89. The third-order valence-corrected chi connectivity index (χ3v) is 5.61. The van der Waals surface area contributed by atoms with Gasteiger partial charge in [0.05, 0.1) is 7.11 Å². The summed E-state index contributed by atoms with van der Waals surface area (Å²) >= 11 is 1.70. The number of hydrogen-bond acceptors (Lipinski definition) is 4. The second kappa shape index (κ2) is 7.32. The van der Waals surface area contributed by atoms with Crippen molar-refractivity contribution in [1.82, 2.24) is 5.32 Å². The quantitative estimate of drug-likeness (QED) is 0.900. The fourth-order valence-electron chi connectivity index (χ4n) is 3.01. The van der Waals surface area contributed by atoms with Gasteiger partial charge >= 0.3 is 0 Å². The Labute approximate surface area is 144 Å². The van der Waals surface area contributed by atoms with Gasteiger partial charge in [-0.05, 0) is 42.5 Å². The van der Waals surface area contributed by atoms with Crippen LogP contribution in [0.3, 0.4) is 0 Å². The molecule has 1 N–H and O–H groups in total. The molecule has 1 aliphatic heterocycles. The number of hydrogen-bond donors (Lipinski definition) is 1. The summed E-state index contributed by atoms with van der Waals surface area (Å²) in [6, 6.07) is 8.37. The van der Waals surface area contributed by atoms with Crippen LogP contribution < -0.4 is 10.1 Å². The minimum Gasteiger partial charge on any atom is -0.494 e. The van der Waals surface area contributed by atoms with Crippen LogP contribution in [0.2, 0.25) is 0 Å². The van der Waals surface area contributed by atoms with Crippen molar-refractivity contribution < 1.29 is 18.7 Å². The molecule has 128 valence electrons. The molecular formula is C18H20FNO3S. The van der Waals surface area contributed by atoms with Gasteiger partial charge in [0, 0.05) is 35.6 Å². The fourth-order valence-corrected chi connectivity index (χ4v) is 4.00. The largest absolute Gasteiger partial charge is 0.494 e. The highest BCUT2D eigenvalue weighted by molar-refractivity contribution is 7.10. The van der Waals surface area contributed by atoms with Gasteiger partial charge in [-0.3, -0.25) is 4.79 Å². The van der Waals surface area contributed by atoms with Crippen LogP contribution >= 0.6 is 11.3 Å². The van der Waals surface area contributed by atoms with E-state index in [0.29, 0.717) is 25.3 Å². The van der Waals surface area contributed by atoms with Crippen LogP contribution in [-0.2, 0) is 10.2 Å². The molecule has 2 heterocycles. The van der Waals surface area contributed by atoms with Crippen molar-refractivity contribution in [3.05, 3.63) is 52.0 Å². The molecule has 0 aliphatic carbocycles. The van der Waals surface area contributed by atoms with E-state index < -0.39 is 5.82 Å². The number of benzene rings is 1. The normalized spacial score (nSPS) is 16.6. The van der Waals surface area contributed by atoms with Gasteiger partial charge in [0.25, 0.3) is 5.91 Å². The molecule has 0 atom stereocenters. The number of halogens is 1. The molecule has 1 aromatic carbocycles. The summed E-state index contributed by atoms with van der Waals surface area (Å²) in [5.41, 5.74) is 0.189. The molecule has 3 rings (SSSR count). The third-order valence-electron chi connectivity index (χ3n) is 4.50. The van der Waals surface area contributed by atoms with Crippen molar-refractivity contribution in [3.8, 4) is 5.75 Å². The van der Waals surface area contributed by atoms with Crippen LogP contribution in [0.25, 0.3) is 0 Å². The first-order valence-electron chi connectivity index (χ1n) is 7.88. The summed E-state index contributed by atoms with van der Waals surface area (Å²) in [7, 11) is 1.40. The molecule has 0 radical (unpaired) electrons. The van der Waals surface area contributed by atoms with E-state index in [4.69, 9.17) is 9.47 Å². The van der Waals surface area contributed by atoms with Crippen LogP contribution in [0.15, 0.2) is 35.7 Å². The average molecular weight is 349 g/mol. The Morgan fingerprint density at radius 3 is 2.79 bits per heavy atom. The van der Waals surface area contributed by atoms with Crippen molar-refractivity contribution in [2.45, 2.75) is 18.3 Å². The lowest BCUT2D eigenvalue weighted by Gasteiger charge is -2.36. The Kier molecular flexibility index (Phi) is 5.16. The Balaban J connectivity index is 1.73.